The molecule has 0 aromatic heterocycles. The Morgan fingerprint density at radius 2 is 1.56 bits per heavy atom. The van der Waals surface area contributed by atoms with Crippen molar-refractivity contribution in [3.05, 3.63) is 47.5 Å². The molecule has 0 saturated carbocycles. The summed E-state index contributed by atoms with van der Waals surface area (Å²) in [5.74, 6) is 0. The Bertz CT molecular complexity index is 496. The van der Waals surface area contributed by atoms with Crippen LogP contribution < -0.4 is 0 Å². The minimum Gasteiger partial charge on any atom is -0.0614 e. The molecule has 0 heterocycles. The van der Waals surface area contributed by atoms with Crippen LogP contribution in [0.1, 0.15) is 38.8 Å². The highest BCUT2D eigenvalue weighted by Gasteiger charge is 2.17. The summed E-state index contributed by atoms with van der Waals surface area (Å²) < 4.78 is 0. The predicted octanol–water partition coefficient (Wildman–Crippen LogP) is 4.70. The molecular weight excluding hydrogens is 192 g/mol. The fraction of sp³-hybridized carbons (Fsp3) is 0.375. The third kappa shape index (κ3) is 1.84. The lowest BCUT2D eigenvalue weighted by Gasteiger charge is -2.22. The maximum Gasteiger partial charge on any atom is -0.0115 e. The second kappa shape index (κ2) is 3.93. The Labute approximate surface area is 98.3 Å². The van der Waals surface area contributed by atoms with E-state index in [0.717, 1.165) is 6.42 Å². The molecule has 0 atom stereocenters. The van der Waals surface area contributed by atoms with Gasteiger partial charge in [0.25, 0.3) is 0 Å². The summed E-state index contributed by atoms with van der Waals surface area (Å²) in [5, 5.41) is 2.83. The Hall–Kier alpha value is -1.30. The van der Waals surface area contributed by atoms with E-state index in [2.05, 4.69) is 64.1 Å². The monoisotopic (exact) mass is 212 g/mol. The predicted molar refractivity (Wildman–Crippen MR) is 72.0 cm³/mol. The molecular formula is C16H20. The van der Waals surface area contributed by atoms with E-state index < -0.39 is 0 Å². The SMILES string of the molecule is CCc1cccc2cccc(C(C)(C)C)c12. The molecule has 0 radical (unpaired) electrons. The van der Waals surface area contributed by atoms with E-state index >= 15 is 0 Å². The van der Waals surface area contributed by atoms with E-state index in [1.54, 1.807) is 0 Å². The highest BCUT2D eigenvalue weighted by molar-refractivity contribution is 5.89. The molecule has 84 valence electrons. The molecule has 0 aliphatic rings. The highest BCUT2D eigenvalue weighted by Crippen LogP contribution is 2.32. The minimum absolute atomic E-state index is 0.213. The molecule has 0 spiro atoms. The van der Waals surface area contributed by atoms with Gasteiger partial charge in [0.1, 0.15) is 0 Å². The zero-order valence-corrected chi connectivity index (χ0v) is 10.7. The second-order valence-corrected chi connectivity index (χ2v) is 5.42. The van der Waals surface area contributed by atoms with Crippen LogP contribution in [0.4, 0.5) is 0 Å². The van der Waals surface area contributed by atoms with E-state index in [0.29, 0.717) is 0 Å². The first kappa shape index (κ1) is 11.2. The lowest BCUT2D eigenvalue weighted by molar-refractivity contribution is 0.595. The van der Waals surface area contributed by atoms with Gasteiger partial charge in [0, 0.05) is 0 Å². The van der Waals surface area contributed by atoms with Crippen LogP contribution in [-0.2, 0) is 11.8 Å². The summed E-state index contributed by atoms with van der Waals surface area (Å²) >= 11 is 0. The van der Waals surface area contributed by atoms with E-state index in [-0.39, 0.29) is 5.41 Å². The van der Waals surface area contributed by atoms with Gasteiger partial charge >= 0.3 is 0 Å². The molecule has 0 unspecified atom stereocenters. The molecule has 0 nitrogen and oxygen atoms in total. The Balaban J connectivity index is 2.84. The molecule has 0 N–H and O–H groups in total. The number of fused-ring (bicyclic) bond motifs is 1. The molecule has 0 bridgehead atoms. The van der Waals surface area contributed by atoms with Crippen molar-refractivity contribution < 1.29 is 0 Å². The van der Waals surface area contributed by atoms with Crippen LogP contribution in [0.2, 0.25) is 0 Å². The van der Waals surface area contributed by atoms with Gasteiger partial charge in [-0.15, -0.1) is 0 Å². The Morgan fingerprint density at radius 1 is 0.938 bits per heavy atom. The highest BCUT2D eigenvalue weighted by atomic mass is 14.2. The summed E-state index contributed by atoms with van der Waals surface area (Å²) in [6, 6.07) is 13.3. The van der Waals surface area contributed by atoms with Crippen molar-refractivity contribution >= 4 is 10.8 Å². The summed E-state index contributed by atoms with van der Waals surface area (Å²) in [6.07, 6.45) is 1.10. The van der Waals surface area contributed by atoms with Crippen LogP contribution in [-0.4, -0.2) is 0 Å². The van der Waals surface area contributed by atoms with Gasteiger partial charge in [-0.3, -0.25) is 0 Å². The lowest BCUT2D eigenvalue weighted by Crippen LogP contribution is -2.12. The van der Waals surface area contributed by atoms with Crippen molar-refractivity contribution in [1.29, 1.82) is 0 Å². The van der Waals surface area contributed by atoms with Crippen LogP contribution in [0.25, 0.3) is 10.8 Å². The van der Waals surface area contributed by atoms with E-state index in [9.17, 15) is 0 Å². The maximum atomic E-state index is 2.29. The van der Waals surface area contributed by atoms with Gasteiger partial charge < -0.3 is 0 Å². The summed E-state index contributed by atoms with van der Waals surface area (Å²) in [5.41, 5.74) is 3.13. The fourth-order valence-corrected chi connectivity index (χ4v) is 2.34. The van der Waals surface area contributed by atoms with Crippen molar-refractivity contribution in [1.82, 2.24) is 0 Å². The van der Waals surface area contributed by atoms with Gasteiger partial charge in [0.2, 0.25) is 0 Å². The number of rotatable bonds is 1. The molecule has 0 heteroatoms. The summed E-state index contributed by atoms with van der Waals surface area (Å²) in [4.78, 5) is 0. The number of aryl methyl sites for hydroxylation is 1. The lowest BCUT2D eigenvalue weighted by atomic mass is 9.82. The van der Waals surface area contributed by atoms with Crippen LogP contribution in [0.15, 0.2) is 36.4 Å². The van der Waals surface area contributed by atoms with Crippen molar-refractivity contribution in [2.75, 3.05) is 0 Å². The average Bonchev–Trinajstić information content (AvgIpc) is 2.26. The Morgan fingerprint density at radius 3 is 2.12 bits per heavy atom. The normalized spacial score (nSPS) is 12.0. The van der Waals surface area contributed by atoms with Gasteiger partial charge in [-0.2, -0.15) is 0 Å². The van der Waals surface area contributed by atoms with Gasteiger partial charge in [-0.1, -0.05) is 64.1 Å². The summed E-state index contributed by atoms with van der Waals surface area (Å²) in [7, 11) is 0. The molecule has 2 rings (SSSR count). The van der Waals surface area contributed by atoms with E-state index in [1.807, 2.05) is 0 Å². The standard InChI is InChI=1S/C16H20/c1-5-12-8-6-9-13-10-7-11-14(15(12)13)16(2,3)4/h6-11H,5H2,1-4H3. The topological polar surface area (TPSA) is 0 Å². The molecule has 0 amide bonds. The van der Waals surface area contributed by atoms with Crippen LogP contribution in [0, 0.1) is 0 Å². The zero-order valence-electron chi connectivity index (χ0n) is 10.7. The average molecular weight is 212 g/mol. The zero-order chi connectivity index (χ0) is 11.8. The Kier molecular flexibility index (Phi) is 2.75. The molecule has 0 aliphatic carbocycles. The van der Waals surface area contributed by atoms with Crippen molar-refractivity contribution in [3.63, 3.8) is 0 Å². The van der Waals surface area contributed by atoms with Gasteiger partial charge in [-0.05, 0) is 33.7 Å². The van der Waals surface area contributed by atoms with Crippen LogP contribution in [0.5, 0.6) is 0 Å². The first-order valence-electron chi connectivity index (χ1n) is 6.05. The molecule has 0 saturated heterocycles. The van der Waals surface area contributed by atoms with E-state index in [1.165, 1.54) is 21.9 Å². The van der Waals surface area contributed by atoms with Crippen molar-refractivity contribution in [3.8, 4) is 0 Å². The molecule has 16 heavy (non-hydrogen) atoms. The van der Waals surface area contributed by atoms with Crippen LogP contribution >= 0.6 is 0 Å². The number of hydrogen-bond donors (Lipinski definition) is 0. The third-order valence-electron chi connectivity index (χ3n) is 3.18. The van der Waals surface area contributed by atoms with E-state index in [4.69, 9.17) is 0 Å². The smallest absolute Gasteiger partial charge is 0.0115 e. The van der Waals surface area contributed by atoms with Gasteiger partial charge in [-0.25, -0.2) is 0 Å². The molecule has 2 aromatic rings. The quantitative estimate of drug-likeness (QED) is 0.642. The third-order valence-corrected chi connectivity index (χ3v) is 3.18. The van der Waals surface area contributed by atoms with Crippen molar-refractivity contribution in [2.24, 2.45) is 0 Å². The largest absolute Gasteiger partial charge is 0.0614 e. The van der Waals surface area contributed by atoms with Gasteiger partial charge in [0.05, 0.1) is 0 Å². The molecule has 2 aromatic carbocycles. The second-order valence-electron chi connectivity index (χ2n) is 5.42. The first-order chi connectivity index (χ1) is 7.54. The fourth-order valence-electron chi connectivity index (χ4n) is 2.34. The molecule has 0 aliphatic heterocycles. The first-order valence-corrected chi connectivity index (χ1v) is 6.05. The number of hydrogen-bond acceptors (Lipinski definition) is 0. The maximum absolute atomic E-state index is 2.29. The van der Waals surface area contributed by atoms with Crippen LogP contribution in [0.3, 0.4) is 0 Å². The number of benzene rings is 2. The van der Waals surface area contributed by atoms with Gasteiger partial charge in [0.15, 0.2) is 0 Å². The summed E-state index contributed by atoms with van der Waals surface area (Å²) in [6.45, 7) is 9.09. The van der Waals surface area contributed by atoms with Crippen molar-refractivity contribution in [2.45, 2.75) is 39.5 Å². The molecule has 0 fully saturated rings. The minimum atomic E-state index is 0.213.